The Morgan fingerprint density at radius 3 is 2.57 bits per heavy atom. The molecule has 0 fully saturated rings. The Kier molecular flexibility index (Phi) is 5.10. The Labute approximate surface area is 143 Å². The average molecular weight is 340 g/mol. The van der Waals surface area contributed by atoms with Crippen LogP contribution in [0.5, 0.6) is 0 Å². The van der Waals surface area contributed by atoms with Crippen molar-refractivity contribution in [1.82, 2.24) is 4.98 Å². The number of carbonyl (C=O) groups excluding carboxylic acids is 1. The molecule has 0 atom stereocenters. The summed E-state index contributed by atoms with van der Waals surface area (Å²) in [5, 5.41) is 5.46. The molecule has 23 heavy (non-hydrogen) atoms. The van der Waals surface area contributed by atoms with Crippen molar-refractivity contribution in [3.63, 3.8) is 0 Å². The van der Waals surface area contributed by atoms with Crippen LogP contribution in [0.25, 0.3) is 11.3 Å². The van der Waals surface area contributed by atoms with Gasteiger partial charge in [-0.2, -0.15) is 0 Å². The molecule has 1 heterocycles. The number of carbonyl (C=O) groups is 1. The summed E-state index contributed by atoms with van der Waals surface area (Å²) in [4.78, 5) is 17.8. The number of nitrogens with one attached hydrogen (secondary N) is 1. The van der Waals surface area contributed by atoms with E-state index in [2.05, 4.69) is 10.3 Å². The maximum Gasteiger partial charge on any atom is 0.230 e. The molecule has 3 aromatic rings. The number of rotatable bonds is 5. The van der Waals surface area contributed by atoms with Crippen LogP contribution in [0.15, 0.2) is 64.9 Å². The van der Waals surface area contributed by atoms with E-state index in [1.807, 2.05) is 66.2 Å². The van der Waals surface area contributed by atoms with Gasteiger partial charge in [-0.1, -0.05) is 42.5 Å². The molecule has 0 spiro atoms. The number of hydrogen-bond donors (Lipinski definition) is 1. The van der Waals surface area contributed by atoms with Crippen molar-refractivity contribution in [2.24, 2.45) is 0 Å². The highest BCUT2D eigenvalue weighted by molar-refractivity contribution is 7.98. The smallest absolute Gasteiger partial charge is 0.230 e. The van der Waals surface area contributed by atoms with E-state index in [1.54, 1.807) is 11.8 Å². The molecule has 5 heteroatoms. The second-order valence-electron chi connectivity index (χ2n) is 4.98. The summed E-state index contributed by atoms with van der Waals surface area (Å²) in [7, 11) is 0. The second kappa shape index (κ2) is 7.44. The van der Waals surface area contributed by atoms with E-state index in [-0.39, 0.29) is 5.91 Å². The molecule has 0 bridgehead atoms. The molecule has 0 aliphatic rings. The molecule has 2 aromatic carbocycles. The first-order valence-electron chi connectivity index (χ1n) is 7.18. The number of thioether (sulfide) groups is 1. The maximum absolute atomic E-state index is 12.1. The Morgan fingerprint density at radius 1 is 1.13 bits per heavy atom. The summed E-state index contributed by atoms with van der Waals surface area (Å²) in [5.41, 5.74) is 2.94. The molecule has 1 amide bonds. The Bertz CT molecular complexity index is 782. The first kappa shape index (κ1) is 15.8. The van der Waals surface area contributed by atoms with E-state index in [0.29, 0.717) is 11.6 Å². The van der Waals surface area contributed by atoms with E-state index in [1.165, 1.54) is 16.2 Å². The van der Waals surface area contributed by atoms with Crippen molar-refractivity contribution in [3.05, 3.63) is 65.5 Å². The van der Waals surface area contributed by atoms with Crippen LogP contribution in [-0.4, -0.2) is 17.1 Å². The summed E-state index contributed by atoms with van der Waals surface area (Å²) in [6, 6.07) is 18.0. The highest BCUT2D eigenvalue weighted by Gasteiger charge is 2.08. The fourth-order valence-electron chi connectivity index (χ4n) is 2.16. The zero-order valence-electron chi connectivity index (χ0n) is 12.7. The van der Waals surface area contributed by atoms with Crippen LogP contribution >= 0.6 is 23.1 Å². The lowest BCUT2D eigenvalue weighted by atomic mass is 10.1. The molecule has 0 saturated heterocycles. The molecule has 0 radical (unpaired) electrons. The molecular formula is C18H16N2OS2. The van der Waals surface area contributed by atoms with Crippen molar-refractivity contribution in [1.29, 1.82) is 0 Å². The van der Waals surface area contributed by atoms with E-state index in [9.17, 15) is 4.79 Å². The molecule has 1 N–H and O–H groups in total. The van der Waals surface area contributed by atoms with Crippen LogP contribution in [0.4, 0.5) is 5.13 Å². The lowest BCUT2D eigenvalue weighted by Gasteiger charge is -2.03. The fourth-order valence-corrected chi connectivity index (χ4v) is 3.31. The summed E-state index contributed by atoms with van der Waals surface area (Å²) in [5.74, 6) is -0.0455. The molecule has 116 valence electrons. The predicted octanol–water partition coefficient (Wildman–Crippen LogP) is 4.71. The first-order valence-corrected chi connectivity index (χ1v) is 9.29. The van der Waals surface area contributed by atoms with Gasteiger partial charge in [0, 0.05) is 15.8 Å². The highest BCUT2D eigenvalue weighted by Crippen LogP contribution is 2.24. The van der Waals surface area contributed by atoms with E-state index in [4.69, 9.17) is 0 Å². The van der Waals surface area contributed by atoms with Gasteiger partial charge >= 0.3 is 0 Å². The molecule has 3 nitrogen and oxygen atoms in total. The number of hydrogen-bond acceptors (Lipinski definition) is 4. The number of aromatic nitrogens is 1. The molecule has 3 rings (SSSR count). The number of thiazole rings is 1. The molecular weight excluding hydrogens is 324 g/mol. The summed E-state index contributed by atoms with van der Waals surface area (Å²) in [6.45, 7) is 0. The van der Waals surface area contributed by atoms with Gasteiger partial charge in [0.25, 0.3) is 0 Å². The van der Waals surface area contributed by atoms with Crippen molar-refractivity contribution in [2.45, 2.75) is 11.3 Å². The quantitative estimate of drug-likeness (QED) is 0.684. The molecule has 0 aliphatic heterocycles. The topological polar surface area (TPSA) is 42.0 Å². The third-order valence-electron chi connectivity index (χ3n) is 3.34. The van der Waals surface area contributed by atoms with Gasteiger partial charge in [-0.25, -0.2) is 4.98 Å². The number of anilines is 1. The lowest BCUT2D eigenvalue weighted by Crippen LogP contribution is -2.14. The van der Waals surface area contributed by atoms with Crippen LogP contribution in [-0.2, 0) is 11.2 Å². The summed E-state index contributed by atoms with van der Waals surface area (Å²) < 4.78 is 0. The lowest BCUT2D eigenvalue weighted by molar-refractivity contribution is -0.115. The van der Waals surface area contributed by atoms with Gasteiger partial charge in [0.05, 0.1) is 12.1 Å². The van der Waals surface area contributed by atoms with Gasteiger partial charge in [0.1, 0.15) is 0 Å². The van der Waals surface area contributed by atoms with Crippen LogP contribution in [0.1, 0.15) is 5.56 Å². The fraction of sp³-hybridized carbons (Fsp3) is 0.111. The van der Waals surface area contributed by atoms with Crippen LogP contribution in [0.3, 0.4) is 0 Å². The van der Waals surface area contributed by atoms with Gasteiger partial charge in [-0.05, 0) is 24.0 Å². The average Bonchev–Trinajstić information content (AvgIpc) is 3.04. The highest BCUT2D eigenvalue weighted by atomic mass is 32.2. The zero-order valence-corrected chi connectivity index (χ0v) is 14.3. The van der Waals surface area contributed by atoms with E-state index >= 15 is 0 Å². The van der Waals surface area contributed by atoms with Gasteiger partial charge in [0.2, 0.25) is 5.91 Å². The monoisotopic (exact) mass is 340 g/mol. The summed E-state index contributed by atoms with van der Waals surface area (Å²) in [6.07, 6.45) is 2.39. The zero-order chi connectivity index (χ0) is 16.1. The van der Waals surface area contributed by atoms with Crippen molar-refractivity contribution in [2.75, 3.05) is 11.6 Å². The van der Waals surface area contributed by atoms with E-state index < -0.39 is 0 Å². The van der Waals surface area contributed by atoms with Gasteiger partial charge < -0.3 is 5.32 Å². The Morgan fingerprint density at radius 2 is 1.87 bits per heavy atom. The van der Waals surface area contributed by atoms with Gasteiger partial charge in [0.15, 0.2) is 5.13 Å². The maximum atomic E-state index is 12.1. The number of nitrogens with zero attached hydrogens (tertiary/aromatic N) is 1. The molecule has 1 aromatic heterocycles. The minimum Gasteiger partial charge on any atom is -0.302 e. The minimum atomic E-state index is -0.0455. The van der Waals surface area contributed by atoms with Crippen LogP contribution in [0.2, 0.25) is 0 Å². The largest absolute Gasteiger partial charge is 0.302 e. The Balaban J connectivity index is 1.63. The minimum absolute atomic E-state index is 0.0455. The van der Waals surface area contributed by atoms with Crippen molar-refractivity contribution in [3.8, 4) is 11.3 Å². The van der Waals surface area contributed by atoms with Gasteiger partial charge in [-0.3, -0.25) is 4.79 Å². The number of benzene rings is 2. The molecule has 0 aliphatic carbocycles. The van der Waals surface area contributed by atoms with Crippen molar-refractivity contribution >= 4 is 34.1 Å². The SMILES string of the molecule is CSc1ccc(CC(=O)Nc2nc(-c3ccccc3)cs2)cc1. The molecule has 0 saturated carbocycles. The third kappa shape index (κ3) is 4.21. The van der Waals surface area contributed by atoms with Crippen LogP contribution in [0, 0.1) is 0 Å². The predicted molar refractivity (Wildman–Crippen MR) is 98.1 cm³/mol. The van der Waals surface area contributed by atoms with Gasteiger partial charge in [-0.15, -0.1) is 23.1 Å². The Hall–Kier alpha value is -2.11. The first-order chi connectivity index (χ1) is 11.2. The van der Waals surface area contributed by atoms with Crippen LogP contribution < -0.4 is 5.32 Å². The molecule has 0 unspecified atom stereocenters. The normalized spacial score (nSPS) is 10.5. The van der Waals surface area contributed by atoms with E-state index in [0.717, 1.165) is 16.8 Å². The third-order valence-corrected chi connectivity index (χ3v) is 4.85. The second-order valence-corrected chi connectivity index (χ2v) is 6.71. The standard InChI is InChI=1S/C18H16N2OS2/c1-22-15-9-7-13(8-10-15)11-17(21)20-18-19-16(12-23-18)14-5-3-2-4-6-14/h2-10,12H,11H2,1H3,(H,19,20,21). The number of amides is 1. The summed E-state index contributed by atoms with van der Waals surface area (Å²) >= 11 is 3.13. The van der Waals surface area contributed by atoms with Crippen molar-refractivity contribution < 1.29 is 4.79 Å².